The third kappa shape index (κ3) is 3.78. The van der Waals surface area contributed by atoms with Crippen LogP contribution in [0.2, 0.25) is 0 Å². The molecule has 1 aliphatic heterocycles. The van der Waals surface area contributed by atoms with Gasteiger partial charge in [0.25, 0.3) is 0 Å². The molecule has 1 aromatic heterocycles. The maximum atomic E-state index is 12.7. The predicted octanol–water partition coefficient (Wildman–Crippen LogP) is 3.99. The first-order chi connectivity index (χ1) is 12.7. The molecule has 1 unspecified atom stereocenters. The number of rotatable bonds is 4. The van der Waals surface area contributed by atoms with E-state index in [1.165, 1.54) is 5.56 Å². The Labute approximate surface area is 153 Å². The molecule has 1 amide bonds. The number of likely N-dealkylation sites (tertiary alicyclic amines) is 1. The molecule has 1 fully saturated rings. The standard InChI is InChI=1S/C21H23N3O2/c1-15-22-19-12-18(9-10-20(19)26-15)23-21(25)17-8-5-11-24(14-17)13-16-6-3-2-4-7-16/h2-4,6-7,9-10,12,17H,5,8,11,13-14H2,1H3,(H,23,25). The van der Waals surface area contributed by atoms with Crippen molar-refractivity contribution in [1.82, 2.24) is 9.88 Å². The van der Waals surface area contributed by atoms with Crippen LogP contribution in [0.5, 0.6) is 0 Å². The molecule has 0 radical (unpaired) electrons. The number of fused-ring (bicyclic) bond motifs is 1. The van der Waals surface area contributed by atoms with Crippen molar-refractivity contribution >= 4 is 22.7 Å². The van der Waals surface area contributed by atoms with Crippen molar-refractivity contribution in [3.63, 3.8) is 0 Å². The summed E-state index contributed by atoms with van der Waals surface area (Å²) in [5.74, 6) is 0.733. The van der Waals surface area contributed by atoms with Crippen LogP contribution in [-0.4, -0.2) is 28.9 Å². The monoisotopic (exact) mass is 349 g/mol. The van der Waals surface area contributed by atoms with E-state index in [0.29, 0.717) is 5.89 Å². The predicted molar refractivity (Wildman–Crippen MR) is 102 cm³/mol. The van der Waals surface area contributed by atoms with Crippen molar-refractivity contribution in [2.24, 2.45) is 5.92 Å². The van der Waals surface area contributed by atoms with Crippen molar-refractivity contribution in [2.75, 3.05) is 18.4 Å². The van der Waals surface area contributed by atoms with Gasteiger partial charge < -0.3 is 9.73 Å². The first kappa shape index (κ1) is 16.8. The number of amides is 1. The number of hydrogen-bond acceptors (Lipinski definition) is 4. The molecule has 2 heterocycles. The van der Waals surface area contributed by atoms with Gasteiger partial charge in [-0.15, -0.1) is 0 Å². The van der Waals surface area contributed by atoms with Gasteiger partial charge in [0.1, 0.15) is 5.52 Å². The lowest BCUT2D eigenvalue weighted by molar-refractivity contribution is -0.121. The van der Waals surface area contributed by atoms with Gasteiger partial charge in [0, 0.05) is 25.7 Å². The third-order valence-corrected chi connectivity index (χ3v) is 4.89. The third-order valence-electron chi connectivity index (χ3n) is 4.89. The zero-order valence-corrected chi connectivity index (χ0v) is 14.9. The fraction of sp³-hybridized carbons (Fsp3) is 0.333. The minimum absolute atomic E-state index is 0.0159. The molecule has 2 aromatic carbocycles. The Kier molecular flexibility index (Phi) is 4.71. The van der Waals surface area contributed by atoms with Crippen molar-refractivity contribution in [1.29, 1.82) is 0 Å². The summed E-state index contributed by atoms with van der Waals surface area (Å²) in [5, 5.41) is 3.05. The molecule has 26 heavy (non-hydrogen) atoms. The molecular formula is C21H23N3O2. The molecule has 0 bridgehead atoms. The summed E-state index contributed by atoms with van der Waals surface area (Å²) in [6, 6.07) is 16.0. The molecule has 0 saturated carbocycles. The van der Waals surface area contributed by atoms with E-state index < -0.39 is 0 Å². The van der Waals surface area contributed by atoms with Gasteiger partial charge in [-0.3, -0.25) is 9.69 Å². The van der Waals surface area contributed by atoms with Crippen LogP contribution in [0.15, 0.2) is 52.9 Å². The lowest BCUT2D eigenvalue weighted by Gasteiger charge is -2.32. The van der Waals surface area contributed by atoms with Crippen LogP contribution in [0, 0.1) is 12.8 Å². The van der Waals surface area contributed by atoms with E-state index in [1.807, 2.05) is 31.2 Å². The Morgan fingerprint density at radius 2 is 2.12 bits per heavy atom. The Hall–Kier alpha value is -2.66. The Bertz CT molecular complexity index is 904. The fourth-order valence-corrected chi connectivity index (χ4v) is 3.62. The second-order valence-corrected chi connectivity index (χ2v) is 6.96. The summed E-state index contributed by atoms with van der Waals surface area (Å²) in [7, 11) is 0. The highest BCUT2D eigenvalue weighted by Gasteiger charge is 2.26. The van der Waals surface area contributed by atoms with Gasteiger partial charge in [-0.25, -0.2) is 4.98 Å². The maximum absolute atomic E-state index is 12.7. The zero-order chi connectivity index (χ0) is 17.9. The smallest absolute Gasteiger partial charge is 0.228 e. The highest BCUT2D eigenvalue weighted by molar-refractivity contribution is 5.94. The zero-order valence-electron chi connectivity index (χ0n) is 14.9. The minimum Gasteiger partial charge on any atom is -0.441 e. The molecule has 1 saturated heterocycles. The van der Waals surface area contributed by atoms with Crippen LogP contribution in [0.25, 0.3) is 11.1 Å². The van der Waals surface area contributed by atoms with Crippen LogP contribution in [-0.2, 0) is 11.3 Å². The second kappa shape index (κ2) is 7.30. The minimum atomic E-state index is 0.0159. The summed E-state index contributed by atoms with van der Waals surface area (Å²) in [6.07, 6.45) is 1.98. The lowest BCUT2D eigenvalue weighted by atomic mass is 9.96. The van der Waals surface area contributed by atoms with Crippen LogP contribution in [0.4, 0.5) is 5.69 Å². The molecule has 1 N–H and O–H groups in total. The number of nitrogens with zero attached hydrogens (tertiary/aromatic N) is 2. The number of anilines is 1. The number of hydrogen-bond donors (Lipinski definition) is 1. The Morgan fingerprint density at radius 1 is 1.27 bits per heavy atom. The van der Waals surface area contributed by atoms with Gasteiger partial charge in [0.15, 0.2) is 11.5 Å². The first-order valence-corrected chi connectivity index (χ1v) is 9.12. The molecule has 1 aliphatic rings. The summed E-state index contributed by atoms with van der Waals surface area (Å²) >= 11 is 0. The van der Waals surface area contributed by atoms with E-state index in [2.05, 4.69) is 39.5 Å². The summed E-state index contributed by atoms with van der Waals surface area (Å²) < 4.78 is 5.48. The Balaban J connectivity index is 1.40. The highest BCUT2D eigenvalue weighted by atomic mass is 16.3. The lowest BCUT2D eigenvalue weighted by Crippen LogP contribution is -2.40. The summed E-state index contributed by atoms with van der Waals surface area (Å²) in [4.78, 5) is 19.4. The van der Waals surface area contributed by atoms with E-state index in [1.54, 1.807) is 0 Å². The van der Waals surface area contributed by atoms with Crippen molar-refractivity contribution in [3.05, 3.63) is 60.0 Å². The summed E-state index contributed by atoms with van der Waals surface area (Å²) in [5.41, 5.74) is 3.58. The topological polar surface area (TPSA) is 58.4 Å². The molecule has 5 heteroatoms. The van der Waals surface area contributed by atoms with Gasteiger partial charge in [0.2, 0.25) is 5.91 Å². The van der Waals surface area contributed by atoms with Gasteiger partial charge in [-0.05, 0) is 43.1 Å². The van der Waals surface area contributed by atoms with Gasteiger partial charge in [0.05, 0.1) is 5.92 Å². The Morgan fingerprint density at radius 3 is 2.96 bits per heavy atom. The molecule has 0 aliphatic carbocycles. The van der Waals surface area contributed by atoms with E-state index in [0.717, 1.165) is 49.3 Å². The van der Waals surface area contributed by atoms with Gasteiger partial charge >= 0.3 is 0 Å². The quantitative estimate of drug-likeness (QED) is 0.774. The number of carbonyl (C=O) groups is 1. The van der Waals surface area contributed by atoms with Crippen LogP contribution in [0.3, 0.4) is 0 Å². The first-order valence-electron chi connectivity index (χ1n) is 9.12. The largest absolute Gasteiger partial charge is 0.441 e. The average Bonchev–Trinajstić information content (AvgIpc) is 3.02. The van der Waals surface area contributed by atoms with Crippen molar-refractivity contribution in [3.8, 4) is 0 Å². The number of benzene rings is 2. The molecule has 3 aromatic rings. The van der Waals surface area contributed by atoms with E-state index in [9.17, 15) is 4.79 Å². The molecule has 5 nitrogen and oxygen atoms in total. The van der Waals surface area contributed by atoms with E-state index in [-0.39, 0.29) is 11.8 Å². The fourth-order valence-electron chi connectivity index (χ4n) is 3.62. The van der Waals surface area contributed by atoms with E-state index in [4.69, 9.17) is 4.42 Å². The molecule has 134 valence electrons. The number of oxazole rings is 1. The summed E-state index contributed by atoms with van der Waals surface area (Å²) in [6.45, 7) is 4.56. The number of aryl methyl sites for hydroxylation is 1. The average molecular weight is 349 g/mol. The van der Waals surface area contributed by atoms with Gasteiger partial charge in [-0.1, -0.05) is 30.3 Å². The molecular weight excluding hydrogens is 326 g/mol. The SMILES string of the molecule is Cc1nc2cc(NC(=O)C3CCCN(Cc4ccccc4)C3)ccc2o1. The number of nitrogens with one attached hydrogen (secondary N) is 1. The number of piperidine rings is 1. The normalized spacial score (nSPS) is 18.1. The van der Waals surface area contributed by atoms with Gasteiger partial charge in [-0.2, -0.15) is 0 Å². The van der Waals surface area contributed by atoms with Crippen molar-refractivity contribution in [2.45, 2.75) is 26.3 Å². The van der Waals surface area contributed by atoms with Crippen LogP contribution >= 0.6 is 0 Å². The van der Waals surface area contributed by atoms with Crippen LogP contribution < -0.4 is 5.32 Å². The number of carbonyl (C=O) groups excluding carboxylic acids is 1. The maximum Gasteiger partial charge on any atom is 0.228 e. The van der Waals surface area contributed by atoms with Crippen LogP contribution in [0.1, 0.15) is 24.3 Å². The van der Waals surface area contributed by atoms with Crippen molar-refractivity contribution < 1.29 is 9.21 Å². The second-order valence-electron chi connectivity index (χ2n) is 6.96. The molecule has 0 spiro atoms. The molecule has 1 atom stereocenters. The number of aromatic nitrogens is 1. The van der Waals surface area contributed by atoms with E-state index >= 15 is 0 Å². The molecule has 4 rings (SSSR count). The highest BCUT2D eigenvalue weighted by Crippen LogP contribution is 2.23.